The van der Waals surface area contributed by atoms with E-state index in [2.05, 4.69) is 25.8 Å². The maximum atomic E-state index is 13.2. The van der Waals surface area contributed by atoms with Crippen LogP contribution in [-0.4, -0.2) is 43.9 Å². The Balaban J connectivity index is 1.50. The van der Waals surface area contributed by atoms with Gasteiger partial charge in [-0.25, -0.2) is 8.78 Å². The molecule has 0 saturated carbocycles. The summed E-state index contributed by atoms with van der Waals surface area (Å²) < 4.78 is 27.9. The zero-order valence-electron chi connectivity index (χ0n) is 15.9. The standard InChI is InChI=1S/C19H18F2N6O2S/c1-2-27-18(12-5-7-22-8-6-12)25-26-19(27)30-11-17(29)23-10-16(28)24-13-3-4-14(20)15(21)9-13/h3-9H,2,10-11H2,1H3,(H,23,29)(H,24,28). The van der Waals surface area contributed by atoms with Crippen molar-refractivity contribution < 1.29 is 18.4 Å². The number of anilines is 1. The lowest BCUT2D eigenvalue weighted by atomic mass is 10.2. The maximum absolute atomic E-state index is 13.2. The number of halogens is 2. The molecule has 3 rings (SSSR count). The molecule has 8 nitrogen and oxygen atoms in total. The molecule has 2 amide bonds. The van der Waals surface area contributed by atoms with Crippen LogP contribution >= 0.6 is 11.8 Å². The molecule has 0 spiro atoms. The van der Waals surface area contributed by atoms with Gasteiger partial charge in [0.15, 0.2) is 22.6 Å². The van der Waals surface area contributed by atoms with Gasteiger partial charge in [0.25, 0.3) is 0 Å². The molecule has 0 aliphatic rings. The van der Waals surface area contributed by atoms with Crippen LogP contribution in [0, 0.1) is 11.6 Å². The molecule has 2 N–H and O–H groups in total. The smallest absolute Gasteiger partial charge is 0.243 e. The topological polar surface area (TPSA) is 102 Å². The van der Waals surface area contributed by atoms with Gasteiger partial charge in [-0.2, -0.15) is 0 Å². The molecule has 30 heavy (non-hydrogen) atoms. The summed E-state index contributed by atoms with van der Waals surface area (Å²) in [5, 5.41) is 13.7. The van der Waals surface area contributed by atoms with Gasteiger partial charge in [-0.3, -0.25) is 14.6 Å². The Morgan fingerprint density at radius 3 is 2.53 bits per heavy atom. The van der Waals surface area contributed by atoms with Crippen LogP contribution in [0.25, 0.3) is 11.4 Å². The summed E-state index contributed by atoms with van der Waals surface area (Å²) in [6, 6.07) is 6.64. The fourth-order valence-corrected chi connectivity index (χ4v) is 3.37. The fourth-order valence-electron chi connectivity index (χ4n) is 2.53. The molecule has 0 bridgehead atoms. The van der Waals surface area contributed by atoms with Gasteiger partial charge in [0.05, 0.1) is 12.3 Å². The van der Waals surface area contributed by atoms with E-state index in [-0.39, 0.29) is 23.9 Å². The van der Waals surface area contributed by atoms with Crippen LogP contribution in [0.2, 0.25) is 0 Å². The molecule has 2 aromatic heterocycles. The van der Waals surface area contributed by atoms with Gasteiger partial charge in [0, 0.05) is 36.3 Å². The summed E-state index contributed by atoms with van der Waals surface area (Å²) in [4.78, 5) is 27.9. The highest BCUT2D eigenvalue weighted by atomic mass is 32.2. The number of aromatic nitrogens is 4. The Labute approximate surface area is 175 Å². The van der Waals surface area contributed by atoms with E-state index in [1.165, 1.54) is 17.8 Å². The Kier molecular flexibility index (Phi) is 7.07. The van der Waals surface area contributed by atoms with Crippen molar-refractivity contribution in [3.63, 3.8) is 0 Å². The number of hydrogen-bond acceptors (Lipinski definition) is 6. The normalized spacial score (nSPS) is 10.6. The first-order valence-corrected chi connectivity index (χ1v) is 9.94. The van der Waals surface area contributed by atoms with Crippen LogP contribution in [0.15, 0.2) is 47.9 Å². The molecular formula is C19H18F2N6O2S. The first-order valence-electron chi connectivity index (χ1n) is 8.96. The zero-order chi connectivity index (χ0) is 21.5. The third-order valence-corrected chi connectivity index (χ3v) is 4.92. The lowest BCUT2D eigenvalue weighted by molar-refractivity contribution is -0.122. The third-order valence-electron chi connectivity index (χ3n) is 3.95. The van der Waals surface area contributed by atoms with Gasteiger partial charge in [0.2, 0.25) is 11.8 Å². The quantitative estimate of drug-likeness (QED) is 0.531. The monoisotopic (exact) mass is 432 g/mol. The van der Waals surface area contributed by atoms with Crippen molar-refractivity contribution >= 4 is 29.3 Å². The van der Waals surface area contributed by atoms with Crippen molar-refractivity contribution in [1.82, 2.24) is 25.1 Å². The molecule has 0 aliphatic heterocycles. The molecule has 1 aromatic carbocycles. The van der Waals surface area contributed by atoms with Crippen LogP contribution in [-0.2, 0) is 16.1 Å². The second-order valence-corrected chi connectivity index (χ2v) is 6.97. The predicted octanol–water partition coefficient (Wildman–Crippen LogP) is 2.49. The summed E-state index contributed by atoms with van der Waals surface area (Å²) in [7, 11) is 0. The molecule has 0 radical (unpaired) electrons. The Hall–Kier alpha value is -3.34. The van der Waals surface area contributed by atoms with Crippen molar-refractivity contribution in [2.24, 2.45) is 0 Å². The van der Waals surface area contributed by atoms with E-state index in [0.29, 0.717) is 17.5 Å². The van der Waals surface area contributed by atoms with Gasteiger partial charge in [-0.05, 0) is 31.2 Å². The first-order chi connectivity index (χ1) is 14.5. The average Bonchev–Trinajstić information content (AvgIpc) is 3.17. The average molecular weight is 432 g/mol. The number of benzene rings is 1. The number of carbonyl (C=O) groups excluding carboxylic acids is 2. The molecule has 0 unspecified atom stereocenters. The summed E-state index contributed by atoms with van der Waals surface area (Å²) in [5.74, 6) is -2.31. The zero-order valence-corrected chi connectivity index (χ0v) is 16.7. The molecule has 0 aliphatic carbocycles. The molecule has 2 heterocycles. The van der Waals surface area contributed by atoms with Crippen LogP contribution in [0.4, 0.5) is 14.5 Å². The van der Waals surface area contributed by atoms with Crippen molar-refractivity contribution in [1.29, 1.82) is 0 Å². The minimum absolute atomic E-state index is 0.0347. The van der Waals surface area contributed by atoms with E-state index in [0.717, 1.165) is 17.7 Å². The number of nitrogens with zero attached hydrogens (tertiary/aromatic N) is 4. The van der Waals surface area contributed by atoms with Crippen molar-refractivity contribution in [3.8, 4) is 11.4 Å². The fraction of sp³-hybridized carbons (Fsp3) is 0.211. The number of hydrogen-bond donors (Lipinski definition) is 2. The van der Waals surface area contributed by atoms with Crippen LogP contribution in [0.3, 0.4) is 0 Å². The second-order valence-electron chi connectivity index (χ2n) is 6.03. The Morgan fingerprint density at radius 2 is 1.83 bits per heavy atom. The van der Waals surface area contributed by atoms with Gasteiger partial charge in [0.1, 0.15) is 0 Å². The minimum Gasteiger partial charge on any atom is -0.346 e. The number of carbonyl (C=O) groups is 2. The summed E-state index contributed by atoms with van der Waals surface area (Å²) >= 11 is 1.19. The number of thioether (sulfide) groups is 1. The second kappa shape index (κ2) is 9.92. The molecule has 11 heteroatoms. The molecule has 3 aromatic rings. The van der Waals surface area contributed by atoms with E-state index in [9.17, 15) is 18.4 Å². The predicted molar refractivity (Wildman–Crippen MR) is 108 cm³/mol. The Bertz CT molecular complexity index is 1040. The molecule has 0 fully saturated rings. The van der Waals surface area contributed by atoms with Crippen LogP contribution in [0.5, 0.6) is 0 Å². The molecule has 0 atom stereocenters. The van der Waals surface area contributed by atoms with Crippen molar-refractivity contribution in [2.45, 2.75) is 18.6 Å². The first kappa shape index (κ1) is 21.4. The van der Waals surface area contributed by atoms with Crippen LogP contribution < -0.4 is 10.6 Å². The lowest BCUT2D eigenvalue weighted by Crippen LogP contribution is -2.34. The third kappa shape index (κ3) is 5.38. The van der Waals surface area contributed by atoms with E-state index >= 15 is 0 Å². The Morgan fingerprint density at radius 1 is 1.07 bits per heavy atom. The summed E-state index contributed by atoms with van der Waals surface area (Å²) in [5.41, 5.74) is 0.965. The number of rotatable bonds is 8. The molecule has 156 valence electrons. The number of amides is 2. The van der Waals surface area contributed by atoms with E-state index in [4.69, 9.17) is 0 Å². The van der Waals surface area contributed by atoms with E-state index in [1.54, 1.807) is 12.4 Å². The molecule has 0 saturated heterocycles. The maximum Gasteiger partial charge on any atom is 0.243 e. The van der Waals surface area contributed by atoms with Crippen molar-refractivity contribution in [2.75, 3.05) is 17.6 Å². The lowest BCUT2D eigenvalue weighted by Gasteiger charge is -2.08. The highest BCUT2D eigenvalue weighted by Crippen LogP contribution is 2.23. The molecular weight excluding hydrogens is 414 g/mol. The highest BCUT2D eigenvalue weighted by molar-refractivity contribution is 7.99. The largest absolute Gasteiger partial charge is 0.346 e. The van der Waals surface area contributed by atoms with Gasteiger partial charge in [-0.1, -0.05) is 11.8 Å². The minimum atomic E-state index is -1.07. The summed E-state index contributed by atoms with van der Waals surface area (Å²) in [6.45, 7) is 2.26. The highest BCUT2D eigenvalue weighted by Gasteiger charge is 2.15. The number of nitrogens with one attached hydrogen (secondary N) is 2. The number of pyridine rings is 1. The summed E-state index contributed by atoms with van der Waals surface area (Å²) in [6.07, 6.45) is 3.32. The SMILES string of the molecule is CCn1c(SCC(=O)NCC(=O)Nc2ccc(F)c(F)c2)nnc1-c1ccncc1. The van der Waals surface area contributed by atoms with E-state index in [1.807, 2.05) is 23.6 Å². The van der Waals surface area contributed by atoms with Gasteiger partial charge < -0.3 is 15.2 Å². The van der Waals surface area contributed by atoms with Gasteiger partial charge in [-0.15, -0.1) is 10.2 Å². The van der Waals surface area contributed by atoms with Crippen LogP contribution in [0.1, 0.15) is 6.92 Å². The van der Waals surface area contributed by atoms with Gasteiger partial charge >= 0.3 is 0 Å². The van der Waals surface area contributed by atoms with Crippen molar-refractivity contribution in [3.05, 3.63) is 54.4 Å². The van der Waals surface area contributed by atoms with E-state index < -0.39 is 17.5 Å².